The van der Waals surface area contributed by atoms with E-state index in [9.17, 15) is 9.59 Å². The highest BCUT2D eigenvalue weighted by atomic mass is 16.6. The van der Waals surface area contributed by atoms with Crippen LogP contribution >= 0.6 is 0 Å². The van der Waals surface area contributed by atoms with Gasteiger partial charge in [-0.2, -0.15) is 5.26 Å². The maximum absolute atomic E-state index is 12.4. The molecule has 0 bridgehead atoms. The number of rotatable bonds is 2. The number of fused-ring (bicyclic) bond motifs is 1. The molecule has 1 aromatic carbocycles. The van der Waals surface area contributed by atoms with Crippen molar-refractivity contribution in [1.29, 1.82) is 5.26 Å². The van der Waals surface area contributed by atoms with Gasteiger partial charge in [-0.3, -0.25) is 4.79 Å². The number of ether oxygens (including phenoxy) is 2. The van der Waals surface area contributed by atoms with Gasteiger partial charge in [-0.1, -0.05) is 6.07 Å². The van der Waals surface area contributed by atoms with Crippen LogP contribution in [0.4, 0.5) is 4.79 Å². The first-order valence-corrected chi connectivity index (χ1v) is 6.47. The zero-order chi connectivity index (χ0) is 15.0. The van der Waals surface area contributed by atoms with E-state index in [0.29, 0.717) is 30.3 Å². The summed E-state index contributed by atoms with van der Waals surface area (Å²) in [5.74, 6) is 0.700. The van der Waals surface area contributed by atoms with Gasteiger partial charge >= 0.3 is 6.03 Å². The molecular weight excluding hydrogens is 274 g/mol. The lowest BCUT2D eigenvalue weighted by Gasteiger charge is -2.25. The smallest absolute Gasteiger partial charge is 0.326 e. The molecule has 2 heterocycles. The maximum atomic E-state index is 12.4. The van der Waals surface area contributed by atoms with Crippen molar-refractivity contribution in [2.24, 2.45) is 0 Å². The van der Waals surface area contributed by atoms with Gasteiger partial charge in [0.15, 0.2) is 11.5 Å². The molecule has 7 heteroatoms. The second-order valence-corrected chi connectivity index (χ2v) is 4.96. The predicted molar refractivity (Wildman–Crippen MR) is 70.6 cm³/mol. The molecule has 2 aliphatic heterocycles. The summed E-state index contributed by atoms with van der Waals surface area (Å²) in [6.45, 7) is 2.25. The Hall–Kier alpha value is -2.75. The van der Waals surface area contributed by atoms with E-state index in [1.807, 2.05) is 6.07 Å². The molecule has 21 heavy (non-hydrogen) atoms. The molecule has 0 radical (unpaired) electrons. The van der Waals surface area contributed by atoms with Gasteiger partial charge in [0.25, 0.3) is 5.91 Å². The number of benzene rings is 1. The molecule has 7 nitrogen and oxygen atoms in total. The minimum atomic E-state index is -1.20. The van der Waals surface area contributed by atoms with Crippen molar-refractivity contribution in [2.75, 3.05) is 19.8 Å². The van der Waals surface area contributed by atoms with E-state index in [2.05, 4.69) is 5.32 Å². The first kappa shape index (κ1) is 13.2. The van der Waals surface area contributed by atoms with Crippen molar-refractivity contribution in [3.05, 3.63) is 23.8 Å². The monoisotopic (exact) mass is 287 g/mol. The molecule has 2 aliphatic rings. The molecule has 1 fully saturated rings. The molecule has 0 saturated carbocycles. The molecule has 1 atom stereocenters. The maximum Gasteiger partial charge on any atom is 0.326 e. The fraction of sp³-hybridized carbons (Fsp3) is 0.357. The Kier molecular flexibility index (Phi) is 2.94. The third-order valence-electron chi connectivity index (χ3n) is 3.62. The minimum Gasteiger partial charge on any atom is -0.486 e. The Bertz CT molecular complexity index is 667. The highest BCUT2D eigenvalue weighted by Gasteiger charge is 2.49. The predicted octanol–water partition coefficient (Wildman–Crippen LogP) is 0.748. The third kappa shape index (κ3) is 1.96. The quantitative estimate of drug-likeness (QED) is 0.640. The number of amides is 3. The average Bonchev–Trinajstić information content (AvgIpc) is 2.71. The fourth-order valence-electron chi connectivity index (χ4n) is 2.46. The number of nitrogens with zero attached hydrogens (tertiary/aromatic N) is 2. The van der Waals surface area contributed by atoms with E-state index in [4.69, 9.17) is 14.7 Å². The number of nitriles is 1. The standard InChI is InChI=1S/C14H13N3O4/c1-14(12(18)17(5-4-15)13(19)16-14)9-2-3-10-11(8-9)21-7-6-20-10/h2-3,8H,5-7H2,1H3,(H,16,19). The van der Waals surface area contributed by atoms with Gasteiger partial charge in [0, 0.05) is 0 Å². The molecule has 1 unspecified atom stereocenters. The average molecular weight is 287 g/mol. The highest BCUT2D eigenvalue weighted by Crippen LogP contribution is 2.36. The molecule has 0 aromatic heterocycles. The van der Waals surface area contributed by atoms with Crippen LogP contribution in [-0.2, 0) is 10.3 Å². The van der Waals surface area contributed by atoms with Crippen LogP contribution in [0.25, 0.3) is 0 Å². The highest BCUT2D eigenvalue weighted by molar-refractivity contribution is 6.07. The number of carbonyl (C=O) groups excluding carboxylic acids is 2. The number of nitrogens with one attached hydrogen (secondary N) is 1. The fourth-order valence-corrected chi connectivity index (χ4v) is 2.46. The topological polar surface area (TPSA) is 91.7 Å². The Morgan fingerprint density at radius 3 is 2.76 bits per heavy atom. The van der Waals surface area contributed by atoms with Crippen molar-refractivity contribution in [3.63, 3.8) is 0 Å². The van der Waals surface area contributed by atoms with E-state index in [1.54, 1.807) is 25.1 Å². The molecule has 3 amide bonds. The summed E-state index contributed by atoms with van der Waals surface area (Å²) < 4.78 is 10.9. The summed E-state index contributed by atoms with van der Waals surface area (Å²) in [6, 6.07) is 6.34. The van der Waals surface area contributed by atoms with Gasteiger partial charge in [0.2, 0.25) is 0 Å². The van der Waals surface area contributed by atoms with Crippen LogP contribution in [0.2, 0.25) is 0 Å². The van der Waals surface area contributed by atoms with Crippen LogP contribution in [0.15, 0.2) is 18.2 Å². The van der Waals surface area contributed by atoms with Gasteiger partial charge in [0.1, 0.15) is 25.3 Å². The molecule has 108 valence electrons. The van der Waals surface area contributed by atoms with Crippen molar-refractivity contribution in [1.82, 2.24) is 10.2 Å². The van der Waals surface area contributed by atoms with Crippen molar-refractivity contribution >= 4 is 11.9 Å². The lowest BCUT2D eigenvalue weighted by atomic mass is 9.91. The Morgan fingerprint density at radius 2 is 2.05 bits per heavy atom. The van der Waals surface area contributed by atoms with Crippen molar-refractivity contribution < 1.29 is 19.1 Å². The molecule has 0 aliphatic carbocycles. The first-order valence-electron chi connectivity index (χ1n) is 6.47. The van der Waals surface area contributed by atoms with E-state index < -0.39 is 17.5 Å². The van der Waals surface area contributed by atoms with Crippen LogP contribution < -0.4 is 14.8 Å². The number of hydrogen-bond donors (Lipinski definition) is 1. The summed E-state index contributed by atoms with van der Waals surface area (Å²) in [5.41, 5.74) is -0.616. The van der Waals surface area contributed by atoms with E-state index >= 15 is 0 Å². The van der Waals surface area contributed by atoms with E-state index in [-0.39, 0.29) is 6.54 Å². The summed E-state index contributed by atoms with van der Waals surface area (Å²) >= 11 is 0. The number of urea groups is 1. The molecule has 1 aromatic rings. The summed E-state index contributed by atoms with van der Waals surface area (Å²) in [4.78, 5) is 25.2. The van der Waals surface area contributed by atoms with Gasteiger partial charge < -0.3 is 14.8 Å². The van der Waals surface area contributed by atoms with Crippen LogP contribution in [0.1, 0.15) is 12.5 Å². The summed E-state index contributed by atoms with van der Waals surface area (Å²) in [5, 5.41) is 11.3. The van der Waals surface area contributed by atoms with Crippen molar-refractivity contribution in [2.45, 2.75) is 12.5 Å². The minimum absolute atomic E-state index is 0.273. The molecular formula is C14H13N3O4. The van der Waals surface area contributed by atoms with E-state index in [1.165, 1.54) is 0 Å². The molecule has 1 N–H and O–H groups in total. The molecule has 0 spiro atoms. The zero-order valence-corrected chi connectivity index (χ0v) is 11.4. The zero-order valence-electron chi connectivity index (χ0n) is 11.4. The largest absolute Gasteiger partial charge is 0.486 e. The number of imide groups is 1. The Balaban J connectivity index is 1.98. The van der Waals surface area contributed by atoms with Crippen LogP contribution in [0.5, 0.6) is 11.5 Å². The second kappa shape index (κ2) is 4.66. The third-order valence-corrected chi connectivity index (χ3v) is 3.62. The second-order valence-electron chi connectivity index (χ2n) is 4.96. The molecule has 3 rings (SSSR count). The van der Waals surface area contributed by atoms with E-state index in [0.717, 1.165) is 4.90 Å². The Morgan fingerprint density at radius 1 is 1.33 bits per heavy atom. The van der Waals surface area contributed by atoms with Gasteiger partial charge in [0.05, 0.1) is 6.07 Å². The van der Waals surface area contributed by atoms with Gasteiger partial charge in [-0.05, 0) is 24.6 Å². The lowest BCUT2D eigenvalue weighted by Crippen LogP contribution is -2.41. The van der Waals surface area contributed by atoms with Crippen molar-refractivity contribution in [3.8, 4) is 17.6 Å². The summed E-state index contributed by atoms with van der Waals surface area (Å²) in [7, 11) is 0. The molecule has 1 saturated heterocycles. The normalized spacial score (nSPS) is 23.7. The first-order chi connectivity index (χ1) is 10.1. The number of hydrogen-bond acceptors (Lipinski definition) is 5. The Labute approximate surface area is 121 Å². The van der Waals surface area contributed by atoms with Crippen LogP contribution in [0, 0.1) is 11.3 Å². The van der Waals surface area contributed by atoms with Crippen LogP contribution in [-0.4, -0.2) is 36.6 Å². The SMILES string of the molecule is CC1(c2ccc3c(c2)OCCO3)NC(=O)N(CC#N)C1=O. The van der Waals surface area contributed by atoms with Crippen LogP contribution in [0.3, 0.4) is 0 Å². The van der Waals surface area contributed by atoms with Gasteiger partial charge in [-0.25, -0.2) is 9.69 Å². The van der Waals surface area contributed by atoms with Gasteiger partial charge in [-0.15, -0.1) is 0 Å². The summed E-state index contributed by atoms with van der Waals surface area (Å²) in [6.07, 6.45) is 0. The number of carbonyl (C=O) groups is 2. The lowest BCUT2D eigenvalue weighted by molar-refractivity contribution is -0.130.